The van der Waals surface area contributed by atoms with Crippen molar-refractivity contribution in [2.45, 2.75) is 57.4 Å². The second-order valence-electron chi connectivity index (χ2n) is 7.10. The Bertz CT molecular complexity index is 610. The largest absolute Gasteiger partial charge is 0.389 e. The third-order valence-electron chi connectivity index (χ3n) is 5.60. The van der Waals surface area contributed by atoms with Crippen LogP contribution in [-0.2, 0) is 16.1 Å². The molecule has 4 saturated heterocycles. The SMILES string of the molecule is CC1CCOC1CC(=O)N1CC2CCC1CN2c1nnc(CO)s1. The number of anilines is 1. The molecule has 1 N–H and O–H groups in total. The van der Waals surface area contributed by atoms with E-state index < -0.39 is 0 Å². The zero-order valence-electron chi connectivity index (χ0n) is 13.9. The molecule has 4 unspecified atom stereocenters. The van der Waals surface area contributed by atoms with E-state index in [2.05, 4.69) is 26.9 Å². The molecule has 1 aromatic heterocycles. The second-order valence-corrected chi connectivity index (χ2v) is 8.14. The van der Waals surface area contributed by atoms with Crippen LogP contribution < -0.4 is 4.90 Å². The fraction of sp³-hybridized carbons (Fsp3) is 0.812. The van der Waals surface area contributed by atoms with Crippen LogP contribution in [0.2, 0.25) is 0 Å². The number of piperidine rings is 2. The molecule has 4 aliphatic heterocycles. The minimum absolute atomic E-state index is 0.0657. The van der Waals surface area contributed by atoms with Gasteiger partial charge in [-0.1, -0.05) is 18.3 Å². The van der Waals surface area contributed by atoms with Gasteiger partial charge in [0.2, 0.25) is 11.0 Å². The molecule has 132 valence electrons. The molecule has 4 atom stereocenters. The molecule has 0 spiro atoms. The van der Waals surface area contributed by atoms with E-state index >= 15 is 0 Å². The van der Waals surface area contributed by atoms with Gasteiger partial charge < -0.3 is 19.6 Å². The molecule has 2 bridgehead atoms. The molecule has 0 radical (unpaired) electrons. The highest BCUT2D eigenvalue weighted by Gasteiger charge is 2.43. The van der Waals surface area contributed by atoms with Crippen LogP contribution >= 0.6 is 11.3 Å². The Morgan fingerprint density at radius 1 is 1.29 bits per heavy atom. The molecule has 0 aliphatic carbocycles. The van der Waals surface area contributed by atoms with Crippen LogP contribution in [0.3, 0.4) is 0 Å². The lowest BCUT2D eigenvalue weighted by Gasteiger charge is -2.51. The number of aromatic nitrogens is 2. The zero-order valence-corrected chi connectivity index (χ0v) is 14.7. The summed E-state index contributed by atoms with van der Waals surface area (Å²) >= 11 is 1.45. The highest BCUT2D eigenvalue weighted by atomic mass is 32.1. The van der Waals surface area contributed by atoms with Gasteiger partial charge in [0, 0.05) is 31.8 Å². The molecule has 1 aromatic rings. The van der Waals surface area contributed by atoms with E-state index in [1.807, 2.05) is 0 Å². The van der Waals surface area contributed by atoms with Gasteiger partial charge in [0.25, 0.3) is 0 Å². The van der Waals surface area contributed by atoms with Gasteiger partial charge in [0.05, 0.1) is 19.1 Å². The van der Waals surface area contributed by atoms with Crippen LogP contribution in [0, 0.1) is 5.92 Å². The van der Waals surface area contributed by atoms with Crippen molar-refractivity contribution in [3.63, 3.8) is 0 Å². The minimum Gasteiger partial charge on any atom is -0.389 e. The predicted molar refractivity (Wildman–Crippen MR) is 89.8 cm³/mol. The highest BCUT2D eigenvalue weighted by molar-refractivity contribution is 7.15. The van der Waals surface area contributed by atoms with Crippen LogP contribution in [0.25, 0.3) is 0 Å². The molecule has 5 heterocycles. The first-order valence-electron chi connectivity index (χ1n) is 8.76. The first-order valence-corrected chi connectivity index (χ1v) is 9.58. The topological polar surface area (TPSA) is 78.8 Å². The van der Waals surface area contributed by atoms with Crippen LogP contribution in [0.15, 0.2) is 0 Å². The third-order valence-corrected chi connectivity index (χ3v) is 6.55. The summed E-state index contributed by atoms with van der Waals surface area (Å²) in [5, 5.41) is 18.9. The molecular weight excluding hydrogens is 328 g/mol. The molecule has 5 rings (SSSR count). The van der Waals surface area contributed by atoms with Gasteiger partial charge in [0.15, 0.2) is 0 Å². The Morgan fingerprint density at radius 3 is 2.75 bits per heavy atom. The third kappa shape index (κ3) is 2.91. The summed E-state index contributed by atoms with van der Waals surface area (Å²) in [4.78, 5) is 17.1. The van der Waals surface area contributed by atoms with Crippen molar-refractivity contribution in [3.8, 4) is 0 Å². The lowest BCUT2D eigenvalue weighted by molar-refractivity contribution is -0.139. The van der Waals surface area contributed by atoms with Crippen molar-refractivity contribution in [1.82, 2.24) is 15.1 Å². The predicted octanol–water partition coefficient (Wildman–Crippen LogP) is 1.03. The van der Waals surface area contributed by atoms with Crippen LogP contribution in [-0.4, -0.2) is 64.0 Å². The number of ether oxygens (including phenoxy) is 1. The van der Waals surface area contributed by atoms with Crippen molar-refractivity contribution in [3.05, 3.63) is 5.01 Å². The summed E-state index contributed by atoms with van der Waals surface area (Å²) in [6.45, 7) is 4.46. The molecule has 0 saturated carbocycles. The van der Waals surface area contributed by atoms with E-state index in [-0.39, 0.29) is 24.7 Å². The lowest BCUT2D eigenvalue weighted by atomic mass is 9.90. The summed E-state index contributed by atoms with van der Waals surface area (Å²) < 4.78 is 5.71. The number of fused-ring (bicyclic) bond motifs is 3. The summed E-state index contributed by atoms with van der Waals surface area (Å²) in [5.74, 6) is 0.710. The molecule has 1 amide bonds. The molecule has 8 heteroatoms. The zero-order chi connectivity index (χ0) is 16.7. The monoisotopic (exact) mass is 352 g/mol. The molecule has 0 aromatic carbocycles. The number of amides is 1. The maximum atomic E-state index is 12.8. The van der Waals surface area contributed by atoms with E-state index in [4.69, 9.17) is 4.74 Å². The average Bonchev–Trinajstić information content (AvgIpc) is 3.24. The molecule has 24 heavy (non-hydrogen) atoms. The van der Waals surface area contributed by atoms with Gasteiger partial charge >= 0.3 is 0 Å². The number of hydrogen-bond donors (Lipinski definition) is 1. The van der Waals surface area contributed by atoms with E-state index in [1.54, 1.807) is 0 Å². The van der Waals surface area contributed by atoms with Crippen molar-refractivity contribution in [2.75, 3.05) is 24.6 Å². The number of carbonyl (C=O) groups is 1. The Labute approximate surface area is 145 Å². The number of nitrogens with zero attached hydrogens (tertiary/aromatic N) is 4. The maximum Gasteiger partial charge on any atom is 0.225 e. The van der Waals surface area contributed by atoms with Crippen molar-refractivity contribution >= 4 is 22.4 Å². The fourth-order valence-electron chi connectivity index (χ4n) is 4.10. The molecule has 4 fully saturated rings. The normalized spacial score (nSPS) is 32.6. The average molecular weight is 352 g/mol. The first kappa shape index (κ1) is 16.2. The Hall–Kier alpha value is -1.25. The van der Waals surface area contributed by atoms with Gasteiger partial charge in [-0.2, -0.15) is 0 Å². The van der Waals surface area contributed by atoms with Crippen LogP contribution in [0.5, 0.6) is 0 Å². The summed E-state index contributed by atoms with van der Waals surface area (Å²) in [6, 6.07) is 0.557. The minimum atomic E-state index is -0.0657. The number of rotatable bonds is 4. The Kier molecular flexibility index (Phi) is 4.44. The first-order chi connectivity index (χ1) is 11.7. The summed E-state index contributed by atoms with van der Waals surface area (Å²) in [7, 11) is 0. The van der Waals surface area contributed by atoms with Gasteiger partial charge in [-0.05, 0) is 25.2 Å². The van der Waals surface area contributed by atoms with Gasteiger partial charge in [0.1, 0.15) is 5.01 Å². The van der Waals surface area contributed by atoms with Gasteiger partial charge in [-0.25, -0.2) is 0 Å². The van der Waals surface area contributed by atoms with Crippen molar-refractivity contribution < 1.29 is 14.6 Å². The maximum absolute atomic E-state index is 12.8. The van der Waals surface area contributed by atoms with Crippen molar-refractivity contribution in [1.29, 1.82) is 0 Å². The smallest absolute Gasteiger partial charge is 0.225 e. The fourth-order valence-corrected chi connectivity index (χ4v) is 4.88. The Morgan fingerprint density at radius 2 is 2.12 bits per heavy atom. The second kappa shape index (κ2) is 6.57. The molecule has 7 nitrogen and oxygen atoms in total. The molecule has 4 aliphatic rings. The number of carbonyl (C=O) groups excluding carboxylic acids is 1. The Balaban J connectivity index is 1.41. The number of piperazine rings is 1. The highest BCUT2D eigenvalue weighted by Crippen LogP contribution is 2.35. The lowest BCUT2D eigenvalue weighted by Crippen LogP contribution is -2.64. The van der Waals surface area contributed by atoms with E-state index in [9.17, 15) is 9.90 Å². The van der Waals surface area contributed by atoms with E-state index in [0.717, 1.165) is 44.1 Å². The number of aliphatic hydroxyl groups is 1. The van der Waals surface area contributed by atoms with Gasteiger partial charge in [-0.3, -0.25) is 4.79 Å². The van der Waals surface area contributed by atoms with Crippen LogP contribution in [0.1, 0.15) is 37.6 Å². The molecular formula is C16H24N4O3S. The number of hydrogen-bond acceptors (Lipinski definition) is 7. The quantitative estimate of drug-likeness (QED) is 0.872. The van der Waals surface area contributed by atoms with E-state index in [1.165, 1.54) is 11.3 Å². The standard InChI is InChI=1S/C16H24N4O3S/c1-10-4-5-23-13(10)6-15(22)19-7-12-3-2-11(19)8-20(12)16-18-17-14(9-21)24-16/h10-13,21H,2-9H2,1H3. The van der Waals surface area contributed by atoms with E-state index in [0.29, 0.717) is 23.4 Å². The van der Waals surface area contributed by atoms with Gasteiger partial charge in [-0.15, -0.1) is 10.2 Å². The summed E-state index contributed by atoms with van der Waals surface area (Å²) in [5.41, 5.74) is 0. The van der Waals surface area contributed by atoms with Crippen LogP contribution in [0.4, 0.5) is 5.13 Å². The number of aliphatic hydroxyl groups excluding tert-OH is 1. The van der Waals surface area contributed by atoms with Crippen molar-refractivity contribution in [2.24, 2.45) is 5.92 Å². The summed E-state index contributed by atoms with van der Waals surface area (Å²) in [6.07, 6.45) is 3.79.